The third-order valence-electron chi connectivity index (χ3n) is 5.34. The number of aromatic nitrogens is 2. The number of aryl methyl sites for hydroxylation is 1. The van der Waals surface area contributed by atoms with Gasteiger partial charge in [0.15, 0.2) is 5.13 Å². The van der Waals surface area contributed by atoms with Crippen molar-refractivity contribution < 1.29 is 19.4 Å². The minimum Gasteiger partial charge on any atom is -0.494 e. The molecular weight excluding hydrogens is 404 g/mol. The molecule has 30 heavy (non-hydrogen) atoms. The molecule has 0 spiro atoms. The summed E-state index contributed by atoms with van der Waals surface area (Å²) < 4.78 is 6.44. The number of anilines is 1. The Morgan fingerprint density at radius 1 is 1.27 bits per heavy atom. The Bertz CT molecular complexity index is 1110. The van der Waals surface area contributed by atoms with Crippen molar-refractivity contribution in [3.05, 3.63) is 47.3 Å². The zero-order valence-electron chi connectivity index (χ0n) is 16.7. The lowest BCUT2D eigenvalue weighted by molar-refractivity contribution is 0.102. The lowest BCUT2D eigenvalue weighted by Gasteiger charge is -2.30. The first-order chi connectivity index (χ1) is 14.5. The molecule has 0 atom stereocenters. The van der Waals surface area contributed by atoms with Gasteiger partial charge in [0.2, 0.25) is 0 Å². The normalized spacial score (nSPS) is 14.7. The number of benzene rings is 1. The predicted molar refractivity (Wildman–Crippen MR) is 115 cm³/mol. The average molecular weight is 426 g/mol. The summed E-state index contributed by atoms with van der Waals surface area (Å²) in [7, 11) is 1.59. The Balaban J connectivity index is 1.63. The fourth-order valence-corrected chi connectivity index (χ4v) is 4.85. The van der Waals surface area contributed by atoms with Crippen LogP contribution in [0.5, 0.6) is 5.75 Å². The van der Waals surface area contributed by atoms with Gasteiger partial charge in [-0.25, -0.2) is 9.78 Å². The van der Waals surface area contributed by atoms with Crippen LogP contribution in [0.3, 0.4) is 0 Å². The first-order valence-corrected chi connectivity index (χ1v) is 10.5. The van der Waals surface area contributed by atoms with Crippen LogP contribution in [0.25, 0.3) is 10.2 Å². The number of hydrogen-bond acceptors (Lipinski definition) is 6. The van der Waals surface area contributed by atoms with E-state index in [0.29, 0.717) is 35.1 Å². The second-order valence-electron chi connectivity index (χ2n) is 7.24. The largest absolute Gasteiger partial charge is 0.494 e. The summed E-state index contributed by atoms with van der Waals surface area (Å²) in [6, 6.07) is 7.31. The maximum absolute atomic E-state index is 12.6. The molecule has 0 bridgehead atoms. The number of carbonyl (C=O) groups excluding carboxylic acids is 1. The Kier molecular flexibility index (Phi) is 5.54. The molecule has 1 saturated heterocycles. The molecule has 0 unspecified atom stereocenters. The molecule has 156 valence electrons. The van der Waals surface area contributed by atoms with E-state index in [1.165, 1.54) is 16.2 Å². The molecule has 4 rings (SSSR count). The van der Waals surface area contributed by atoms with Crippen molar-refractivity contribution in [2.24, 2.45) is 0 Å². The van der Waals surface area contributed by atoms with Crippen LogP contribution >= 0.6 is 11.3 Å². The van der Waals surface area contributed by atoms with E-state index in [4.69, 9.17) is 4.74 Å². The molecule has 0 radical (unpaired) electrons. The van der Waals surface area contributed by atoms with Crippen LogP contribution in [0.1, 0.15) is 40.4 Å². The van der Waals surface area contributed by atoms with Gasteiger partial charge in [0.1, 0.15) is 11.3 Å². The van der Waals surface area contributed by atoms with Gasteiger partial charge in [0.05, 0.1) is 11.8 Å². The van der Waals surface area contributed by atoms with Crippen LogP contribution in [-0.2, 0) is 0 Å². The summed E-state index contributed by atoms with van der Waals surface area (Å²) in [6.07, 6.45) is 2.24. The Hall–Kier alpha value is -3.20. The van der Waals surface area contributed by atoms with Crippen LogP contribution in [0.15, 0.2) is 30.5 Å². The quantitative estimate of drug-likeness (QED) is 0.650. The number of nitrogens with zero attached hydrogens (tertiary/aromatic N) is 3. The summed E-state index contributed by atoms with van der Waals surface area (Å²) >= 11 is 1.41. The van der Waals surface area contributed by atoms with Crippen molar-refractivity contribution in [3.63, 3.8) is 0 Å². The number of methoxy groups -OCH3 is 1. The zero-order valence-corrected chi connectivity index (χ0v) is 17.5. The highest BCUT2D eigenvalue weighted by Gasteiger charge is 2.26. The number of ether oxygens (including phenoxy) is 1. The van der Waals surface area contributed by atoms with Crippen molar-refractivity contribution in [2.75, 3.05) is 25.5 Å². The Morgan fingerprint density at radius 3 is 2.70 bits per heavy atom. The minimum atomic E-state index is -0.873. The first-order valence-electron chi connectivity index (χ1n) is 9.65. The predicted octanol–water partition coefficient (Wildman–Crippen LogP) is 4.12. The Morgan fingerprint density at radius 2 is 2.03 bits per heavy atom. The number of amides is 2. The van der Waals surface area contributed by atoms with Crippen molar-refractivity contribution in [1.29, 1.82) is 0 Å². The molecule has 1 aromatic carbocycles. The Labute approximate surface area is 177 Å². The molecule has 3 heterocycles. The highest BCUT2D eigenvalue weighted by atomic mass is 32.1. The summed E-state index contributed by atoms with van der Waals surface area (Å²) in [5, 5.41) is 12.6. The third kappa shape index (κ3) is 3.93. The van der Waals surface area contributed by atoms with Gasteiger partial charge in [-0.05, 0) is 49.4 Å². The summed E-state index contributed by atoms with van der Waals surface area (Å²) in [6.45, 7) is 2.86. The van der Waals surface area contributed by atoms with Gasteiger partial charge in [-0.15, -0.1) is 0 Å². The molecule has 1 aliphatic rings. The van der Waals surface area contributed by atoms with Crippen molar-refractivity contribution >= 4 is 38.7 Å². The van der Waals surface area contributed by atoms with Gasteiger partial charge >= 0.3 is 6.09 Å². The highest BCUT2D eigenvalue weighted by molar-refractivity contribution is 7.22. The number of pyridine rings is 1. The van der Waals surface area contributed by atoms with E-state index >= 15 is 0 Å². The number of carboxylic acid groups (broad SMARTS) is 1. The van der Waals surface area contributed by atoms with E-state index in [1.807, 2.05) is 19.1 Å². The number of thiazole rings is 1. The van der Waals surface area contributed by atoms with Gasteiger partial charge in [0, 0.05) is 30.5 Å². The standard InChI is InChI=1S/C21H22N4O4S/c1-12-11-14(5-8-22-12)19(26)24-20-23-17-16(29-2)4-3-15(18(17)30-20)13-6-9-25(10-7-13)21(27)28/h3-5,8,11,13H,6-7,9-10H2,1-2H3,(H,27,28)(H,23,24,26). The van der Waals surface area contributed by atoms with Gasteiger partial charge in [-0.1, -0.05) is 17.4 Å². The molecule has 2 aromatic heterocycles. The lowest BCUT2D eigenvalue weighted by atomic mass is 9.89. The molecule has 1 aliphatic heterocycles. The summed E-state index contributed by atoms with van der Waals surface area (Å²) in [5.41, 5.74) is 3.12. The molecule has 1 fully saturated rings. The number of nitrogens with one attached hydrogen (secondary N) is 1. The van der Waals surface area contributed by atoms with Crippen LogP contribution in [0, 0.1) is 6.92 Å². The van der Waals surface area contributed by atoms with Crippen molar-refractivity contribution in [3.8, 4) is 5.75 Å². The number of hydrogen-bond donors (Lipinski definition) is 2. The molecule has 8 nitrogen and oxygen atoms in total. The summed E-state index contributed by atoms with van der Waals surface area (Å²) in [5.74, 6) is 0.643. The second kappa shape index (κ2) is 8.27. The number of carbonyl (C=O) groups is 2. The maximum atomic E-state index is 12.6. The fraction of sp³-hybridized carbons (Fsp3) is 0.333. The van der Waals surface area contributed by atoms with E-state index in [-0.39, 0.29) is 11.8 Å². The molecule has 0 saturated carbocycles. The number of likely N-dealkylation sites (tertiary alicyclic amines) is 1. The molecule has 9 heteroatoms. The topological polar surface area (TPSA) is 105 Å². The molecule has 2 amide bonds. The van der Waals surface area contributed by atoms with E-state index in [9.17, 15) is 14.7 Å². The van der Waals surface area contributed by atoms with Gasteiger partial charge in [-0.2, -0.15) is 0 Å². The SMILES string of the molecule is COc1ccc(C2CCN(C(=O)O)CC2)c2sc(NC(=O)c3ccnc(C)c3)nc12. The van der Waals surface area contributed by atoms with Gasteiger partial charge < -0.3 is 14.7 Å². The minimum absolute atomic E-state index is 0.237. The highest BCUT2D eigenvalue weighted by Crippen LogP contribution is 2.41. The summed E-state index contributed by atoms with van der Waals surface area (Å²) in [4.78, 5) is 34.0. The van der Waals surface area contributed by atoms with Crippen LogP contribution in [0.2, 0.25) is 0 Å². The van der Waals surface area contributed by atoms with Crippen molar-refractivity contribution in [2.45, 2.75) is 25.7 Å². The number of piperidine rings is 1. The molecule has 3 aromatic rings. The van der Waals surface area contributed by atoms with E-state index in [2.05, 4.69) is 15.3 Å². The number of rotatable bonds is 4. The van der Waals surface area contributed by atoms with E-state index < -0.39 is 6.09 Å². The van der Waals surface area contributed by atoms with E-state index in [1.54, 1.807) is 25.4 Å². The molecule has 0 aliphatic carbocycles. The van der Waals surface area contributed by atoms with Crippen molar-refractivity contribution in [1.82, 2.24) is 14.9 Å². The second-order valence-corrected chi connectivity index (χ2v) is 8.24. The third-order valence-corrected chi connectivity index (χ3v) is 6.36. The van der Waals surface area contributed by atoms with Gasteiger partial charge in [-0.3, -0.25) is 15.1 Å². The maximum Gasteiger partial charge on any atom is 0.407 e. The monoisotopic (exact) mass is 426 g/mol. The van der Waals surface area contributed by atoms with Crippen LogP contribution in [0.4, 0.5) is 9.93 Å². The number of fused-ring (bicyclic) bond motifs is 1. The van der Waals surface area contributed by atoms with E-state index in [0.717, 1.165) is 28.8 Å². The van der Waals surface area contributed by atoms with Crippen LogP contribution in [-0.4, -0.2) is 52.2 Å². The smallest absolute Gasteiger partial charge is 0.407 e. The van der Waals surface area contributed by atoms with Crippen LogP contribution < -0.4 is 10.1 Å². The molecular formula is C21H22N4O4S. The fourth-order valence-electron chi connectivity index (χ4n) is 3.78. The van der Waals surface area contributed by atoms with Gasteiger partial charge in [0.25, 0.3) is 5.91 Å². The lowest BCUT2D eigenvalue weighted by Crippen LogP contribution is -2.36. The first kappa shape index (κ1) is 20.1. The molecule has 2 N–H and O–H groups in total. The average Bonchev–Trinajstić information content (AvgIpc) is 3.16. The zero-order chi connectivity index (χ0) is 21.3.